The predicted molar refractivity (Wildman–Crippen MR) is 84.2 cm³/mol. The molecule has 0 spiro atoms. The molecule has 1 N–H and O–H groups in total. The Morgan fingerprint density at radius 1 is 1.24 bits per heavy atom. The van der Waals surface area contributed by atoms with Gasteiger partial charge < -0.3 is 10.1 Å². The smallest absolute Gasteiger partial charge is 0.165 e. The van der Waals surface area contributed by atoms with E-state index in [-0.39, 0.29) is 5.82 Å². The van der Waals surface area contributed by atoms with Crippen LogP contribution >= 0.6 is 0 Å². The summed E-state index contributed by atoms with van der Waals surface area (Å²) in [5.74, 6) is 0.138. The second-order valence-corrected chi connectivity index (χ2v) is 6.01. The van der Waals surface area contributed by atoms with Crippen molar-refractivity contribution < 1.29 is 9.13 Å². The van der Waals surface area contributed by atoms with Crippen LogP contribution in [-0.2, 0) is 6.54 Å². The lowest BCUT2D eigenvalue weighted by Crippen LogP contribution is -2.33. The van der Waals surface area contributed by atoms with Crippen LogP contribution < -0.4 is 10.1 Å². The third-order valence-electron chi connectivity index (χ3n) is 3.85. The molecule has 1 fully saturated rings. The molecule has 1 aliphatic heterocycles. The Kier molecular flexibility index (Phi) is 6.46. The van der Waals surface area contributed by atoms with Crippen molar-refractivity contribution in [1.29, 1.82) is 0 Å². The summed E-state index contributed by atoms with van der Waals surface area (Å²) in [7, 11) is 0. The van der Waals surface area contributed by atoms with Gasteiger partial charge in [-0.3, -0.25) is 4.90 Å². The van der Waals surface area contributed by atoms with Crippen molar-refractivity contribution in [3.8, 4) is 5.75 Å². The van der Waals surface area contributed by atoms with E-state index < -0.39 is 0 Å². The predicted octanol–water partition coefficient (Wildman–Crippen LogP) is 3.19. The van der Waals surface area contributed by atoms with Crippen LogP contribution in [0.5, 0.6) is 5.75 Å². The first-order valence-corrected chi connectivity index (χ1v) is 8.02. The summed E-state index contributed by atoms with van der Waals surface area (Å²) in [5, 5.41) is 3.31. The summed E-state index contributed by atoms with van der Waals surface area (Å²) in [4.78, 5) is 2.40. The highest BCUT2D eigenvalue weighted by Crippen LogP contribution is 2.23. The lowest BCUT2D eigenvalue weighted by atomic mass is 10.1. The van der Waals surface area contributed by atoms with Crippen molar-refractivity contribution in [1.82, 2.24) is 10.2 Å². The highest BCUT2D eigenvalue weighted by molar-refractivity contribution is 5.35. The molecule has 0 unspecified atom stereocenters. The summed E-state index contributed by atoms with van der Waals surface area (Å²) in [6.45, 7) is 8.51. The van der Waals surface area contributed by atoms with E-state index in [0.29, 0.717) is 24.9 Å². The average Bonchev–Trinajstić information content (AvgIpc) is 2.48. The van der Waals surface area contributed by atoms with Crippen LogP contribution in [0, 0.1) is 5.82 Å². The number of ether oxygens (including phenoxy) is 1. The molecule has 2 rings (SSSR count). The number of rotatable bonds is 7. The van der Waals surface area contributed by atoms with Crippen molar-refractivity contribution in [3.05, 3.63) is 29.6 Å². The second kappa shape index (κ2) is 8.35. The molecule has 1 saturated heterocycles. The van der Waals surface area contributed by atoms with Gasteiger partial charge in [-0.05, 0) is 32.0 Å². The van der Waals surface area contributed by atoms with E-state index in [2.05, 4.69) is 24.1 Å². The largest absolute Gasteiger partial charge is 0.489 e. The third-order valence-corrected chi connectivity index (χ3v) is 3.85. The molecular weight excluding hydrogens is 267 g/mol. The van der Waals surface area contributed by atoms with Crippen molar-refractivity contribution in [2.45, 2.75) is 45.7 Å². The minimum atomic E-state index is -0.267. The Balaban J connectivity index is 1.88. The van der Waals surface area contributed by atoms with Gasteiger partial charge >= 0.3 is 0 Å². The Morgan fingerprint density at radius 2 is 2.00 bits per heavy atom. The zero-order valence-corrected chi connectivity index (χ0v) is 13.2. The molecule has 1 aromatic carbocycles. The van der Waals surface area contributed by atoms with Gasteiger partial charge in [-0.1, -0.05) is 32.4 Å². The number of para-hydroxylation sites is 1. The number of likely N-dealkylation sites (tertiary alicyclic amines) is 1. The minimum Gasteiger partial charge on any atom is -0.489 e. The van der Waals surface area contributed by atoms with Gasteiger partial charge in [0.05, 0.1) is 0 Å². The summed E-state index contributed by atoms with van der Waals surface area (Å²) in [6.07, 6.45) is 3.86. The summed E-state index contributed by atoms with van der Waals surface area (Å²) in [5.41, 5.74) is 0.891. The van der Waals surface area contributed by atoms with Gasteiger partial charge in [0.1, 0.15) is 6.61 Å². The number of halogens is 1. The maximum Gasteiger partial charge on any atom is 0.165 e. The Labute approximate surface area is 127 Å². The zero-order chi connectivity index (χ0) is 15.1. The Morgan fingerprint density at radius 3 is 2.71 bits per heavy atom. The highest BCUT2D eigenvalue weighted by atomic mass is 19.1. The minimum absolute atomic E-state index is 0.267. The Bertz CT molecular complexity index is 431. The van der Waals surface area contributed by atoms with Crippen molar-refractivity contribution in [2.75, 3.05) is 26.2 Å². The van der Waals surface area contributed by atoms with Gasteiger partial charge in [0.2, 0.25) is 0 Å². The van der Waals surface area contributed by atoms with E-state index in [0.717, 1.165) is 25.2 Å². The van der Waals surface area contributed by atoms with Crippen LogP contribution in [0.25, 0.3) is 0 Å². The second-order valence-electron chi connectivity index (χ2n) is 6.01. The number of benzene rings is 1. The first kappa shape index (κ1) is 16.2. The molecule has 0 amide bonds. The molecule has 1 aromatic rings. The van der Waals surface area contributed by atoms with E-state index >= 15 is 0 Å². The van der Waals surface area contributed by atoms with E-state index in [1.165, 1.54) is 25.3 Å². The molecule has 4 heteroatoms. The van der Waals surface area contributed by atoms with Gasteiger partial charge in [0.25, 0.3) is 0 Å². The first-order valence-electron chi connectivity index (χ1n) is 8.02. The fourth-order valence-electron chi connectivity index (χ4n) is 2.63. The van der Waals surface area contributed by atoms with Gasteiger partial charge in [-0.15, -0.1) is 0 Å². The molecular formula is C17H27FN2O. The van der Waals surface area contributed by atoms with Crippen LogP contribution in [0.15, 0.2) is 18.2 Å². The molecule has 0 bridgehead atoms. The summed E-state index contributed by atoms with van der Waals surface area (Å²) < 4.78 is 19.7. The van der Waals surface area contributed by atoms with Gasteiger partial charge in [0.15, 0.2) is 11.6 Å². The molecule has 0 aromatic heterocycles. The normalized spacial score (nSPS) is 16.4. The molecule has 0 radical (unpaired) electrons. The third kappa shape index (κ3) is 5.29. The molecule has 118 valence electrons. The number of hydrogen-bond donors (Lipinski definition) is 1. The molecule has 0 atom stereocenters. The maximum absolute atomic E-state index is 14.0. The maximum atomic E-state index is 14.0. The molecule has 0 aliphatic carbocycles. The average molecular weight is 294 g/mol. The molecule has 21 heavy (non-hydrogen) atoms. The standard InChI is InChI=1S/C17H27FN2O/c1-14(2)19-13-15-7-6-8-16(18)17(15)21-12-11-20-9-4-3-5-10-20/h6-8,14,19H,3-5,9-13H2,1-2H3. The summed E-state index contributed by atoms with van der Waals surface area (Å²) in [6, 6.07) is 5.50. The molecule has 1 aliphatic rings. The van der Waals surface area contributed by atoms with E-state index in [4.69, 9.17) is 4.74 Å². The fraction of sp³-hybridized carbons (Fsp3) is 0.647. The van der Waals surface area contributed by atoms with E-state index in [1.54, 1.807) is 6.07 Å². The monoisotopic (exact) mass is 294 g/mol. The quantitative estimate of drug-likeness (QED) is 0.836. The lowest BCUT2D eigenvalue weighted by molar-refractivity contribution is 0.179. The van der Waals surface area contributed by atoms with Crippen LogP contribution in [0.4, 0.5) is 4.39 Å². The van der Waals surface area contributed by atoms with Crippen molar-refractivity contribution in [2.24, 2.45) is 0 Å². The van der Waals surface area contributed by atoms with Crippen molar-refractivity contribution >= 4 is 0 Å². The van der Waals surface area contributed by atoms with E-state index in [9.17, 15) is 4.39 Å². The van der Waals surface area contributed by atoms with E-state index in [1.807, 2.05) is 6.07 Å². The highest BCUT2D eigenvalue weighted by Gasteiger charge is 2.13. The first-order chi connectivity index (χ1) is 10.2. The summed E-state index contributed by atoms with van der Waals surface area (Å²) >= 11 is 0. The van der Waals surface area contributed by atoms with Crippen LogP contribution in [-0.4, -0.2) is 37.2 Å². The fourth-order valence-corrected chi connectivity index (χ4v) is 2.63. The topological polar surface area (TPSA) is 24.5 Å². The number of nitrogens with one attached hydrogen (secondary N) is 1. The molecule has 1 heterocycles. The van der Waals surface area contributed by atoms with Gasteiger partial charge in [-0.2, -0.15) is 0 Å². The van der Waals surface area contributed by atoms with Gasteiger partial charge in [-0.25, -0.2) is 4.39 Å². The molecule has 3 nitrogen and oxygen atoms in total. The number of piperidine rings is 1. The SMILES string of the molecule is CC(C)NCc1cccc(F)c1OCCN1CCCCC1. The van der Waals surface area contributed by atoms with Crippen molar-refractivity contribution in [3.63, 3.8) is 0 Å². The zero-order valence-electron chi connectivity index (χ0n) is 13.2. The van der Waals surface area contributed by atoms with Crippen LogP contribution in [0.1, 0.15) is 38.7 Å². The number of nitrogens with zero attached hydrogens (tertiary/aromatic N) is 1. The van der Waals surface area contributed by atoms with Crippen LogP contribution in [0.3, 0.4) is 0 Å². The Hall–Kier alpha value is -1.13. The van der Waals surface area contributed by atoms with Gasteiger partial charge in [0, 0.05) is 24.7 Å². The van der Waals surface area contributed by atoms with Crippen LogP contribution in [0.2, 0.25) is 0 Å². The number of hydrogen-bond acceptors (Lipinski definition) is 3. The lowest BCUT2D eigenvalue weighted by Gasteiger charge is -2.26. The molecule has 0 saturated carbocycles.